The minimum atomic E-state index is 0.288. The minimum absolute atomic E-state index is 0.288. The molecule has 1 saturated carbocycles. The molecule has 5 nitrogen and oxygen atoms in total. The summed E-state index contributed by atoms with van der Waals surface area (Å²) in [4.78, 5) is 23.1. The van der Waals surface area contributed by atoms with E-state index in [1.165, 1.54) is 12.0 Å². The van der Waals surface area contributed by atoms with Gasteiger partial charge in [-0.2, -0.15) is 0 Å². The van der Waals surface area contributed by atoms with E-state index in [2.05, 4.69) is 32.3 Å². The van der Waals surface area contributed by atoms with Gasteiger partial charge in [0.15, 0.2) is 0 Å². The Morgan fingerprint density at radius 3 is 2.84 bits per heavy atom. The predicted molar refractivity (Wildman–Crippen MR) is 97.0 cm³/mol. The number of fused-ring (bicyclic) bond motifs is 1. The maximum Gasteiger partial charge on any atom is 0.222 e. The molecule has 1 saturated heterocycles. The van der Waals surface area contributed by atoms with Crippen LogP contribution in [-0.2, 0) is 11.2 Å². The summed E-state index contributed by atoms with van der Waals surface area (Å²) >= 11 is 0. The van der Waals surface area contributed by atoms with Crippen molar-refractivity contribution in [2.75, 3.05) is 18.4 Å². The average molecular weight is 336 g/mol. The van der Waals surface area contributed by atoms with Crippen molar-refractivity contribution in [1.29, 1.82) is 0 Å². The molecule has 25 heavy (non-hydrogen) atoms. The highest BCUT2D eigenvalue weighted by molar-refractivity contribution is 5.76. The molecule has 2 heterocycles. The molecule has 4 rings (SSSR count). The van der Waals surface area contributed by atoms with E-state index >= 15 is 0 Å². The van der Waals surface area contributed by atoms with Crippen LogP contribution in [0.15, 0.2) is 48.9 Å². The summed E-state index contributed by atoms with van der Waals surface area (Å²) in [6.45, 7) is 1.78. The molecule has 130 valence electrons. The largest absolute Gasteiger partial charge is 0.366 e. The first-order valence-electron chi connectivity index (χ1n) is 9.14. The van der Waals surface area contributed by atoms with E-state index in [9.17, 15) is 4.79 Å². The number of aromatic nitrogens is 2. The monoisotopic (exact) mass is 336 g/mol. The molecular formula is C20H24N4O. The molecule has 1 aromatic carbocycles. The van der Waals surface area contributed by atoms with Crippen LogP contribution in [0.25, 0.3) is 0 Å². The highest BCUT2D eigenvalue weighted by atomic mass is 16.2. The molecule has 0 radical (unpaired) electrons. The maximum atomic E-state index is 12.6. The van der Waals surface area contributed by atoms with Crippen molar-refractivity contribution in [2.24, 2.45) is 11.8 Å². The van der Waals surface area contributed by atoms with Crippen LogP contribution in [0.3, 0.4) is 0 Å². The van der Waals surface area contributed by atoms with E-state index in [0.29, 0.717) is 24.3 Å². The Morgan fingerprint density at radius 2 is 2.04 bits per heavy atom. The van der Waals surface area contributed by atoms with Gasteiger partial charge in [0.2, 0.25) is 5.91 Å². The van der Waals surface area contributed by atoms with Crippen LogP contribution < -0.4 is 5.32 Å². The van der Waals surface area contributed by atoms with Gasteiger partial charge >= 0.3 is 0 Å². The summed E-state index contributed by atoms with van der Waals surface area (Å²) in [7, 11) is 0. The fourth-order valence-corrected chi connectivity index (χ4v) is 4.27. The van der Waals surface area contributed by atoms with Crippen LogP contribution in [-0.4, -0.2) is 39.9 Å². The maximum absolute atomic E-state index is 12.6. The number of carbonyl (C=O) groups is 1. The van der Waals surface area contributed by atoms with Gasteiger partial charge in [-0.25, -0.2) is 4.98 Å². The van der Waals surface area contributed by atoms with E-state index in [4.69, 9.17) is 0 Å². The number of nitrogens with one attached hydrogen (secondary N) is 1. The van der Waals surface area contributed by atoms with Gasteiger partial charge in [-0.15, -0.1) is 0 Å². The van der Waals surface area contributed by atoms with Crippen molar-refractivity contribution >= 4 is 11.7 Å². The van der Waals surface area contributed by atoms with Crippen molar-refractivity contribution in [3.8, 4) is 0 Å². The molecule has 0 unspecified atom stereocenters. The molecule has 0 spiro atoms. The standard InChI is InChI=1S/C20H24N4O/c25-20(9-6-15-4-2-1-3-5-15)24-13-16-7-8-18(17(16)14-24)23-19-12-21-10-11-22-19/h1-5,10-12,16-18H,6-9,13-14H2,(H,22,23)/t16-,17+,18+/m0/s1. The molecule has 1 N–H and O–H groups in total. The lowest BCUT2D eigenvalue weighted by molar-refractivity contribution is -0.130. The summed E-state index contributed by atoms with van der Waals surface area (Å²) in [5, 5.41) is 3.52. The van der Waals surface area contributed by atoms with E-state index in [-0.39, 0.29) is 5.91 Å². The molecule has 0 bridgehead atoms. The molecule has 1 aliphatic heterocycles. The zero-order valence-corrected chi connectivity index (χ0v) is 14.3. The first-order chi connectivity index (χ1) is 12.3. The number of rotatable bonds is 5. The molecule has 1 aromatic heterocycles. The zero-order chi connectivity index (χ0) is 17.1. The van der Waals surface area contributed by atoms with Gasteiger partial charge in [0.25, 0.3) is 0 Å². The SMILES string of the molecule is O=C(CCc1ccccc1)N1C[C@@H]2CC[C@@H](Nc3cnccn3)[C@@H]2C1. The topological polar surface area (TPSA) is 58.1 Å². The van der Waals surface area contributed by atoms with Crippen molar-refractivity contribution in [1.82, 2.24) is 14.9 Å². The smallest absolute Gasteiger partial charge is 0.222 e. The van der Waals surface area contributed by atoms with Gasteiger partial charge in [0.05, 0.1) is 6.20 Å². The Morgan fingerprint density at radius 1 is 1.16 bits per heavy atom. The fourth-order valence-electron chi connectivity index (χ4n) is 4.27. The normalized spacial score (nSPS) is 25.0. The Bertz CT molecular complexity index is 706. The minimum Gasteiger partial charge on any atom is -0.366 e. The summed E-state index contributed by atoms with van der Waals surface area (Å²) in [6.07, 6.45) is 8.93. The molecule has 2 fully saturated rings. The lowest BCUT2D eigenvalue weighted by atomic mass is 9.98. The van der Waals surface area contributed by atoms with E-state index in [1.54, 1.807) is 18.6 Å². The van der Waals surface area contributed by atoms with Crippen LogP contribution in [0.2, 0.25) is 0 Å². The second-order valence-electron chi connectivity index (χ2n) is 7.13. The highest BCUT2D eigenvalue weighted by Gasteiger charge is 2.43. The summed E-state index contributed by atoms with van der Waals surface area (Å²) in [5.74, 6) is 2.27. The third-order valence-electron chi connectivity index (χ3n) is 5.58. The number of hydrogen-bond acceptors (Lipinski definition) is 4. The van der Waals surface area contributed by atoms with Gasteiger partial charge in [-0.1, -0.05) is 30.3 Å². The Balaban J connectivity index is 1.32. The van der Waals surface area contributed by atoms with Crippen LogP contribution >= 0.6 is 0 Å². The summed E-state index contributed by atoms with van der Waals surface area (Å²) in [6, 6.07) is 10.6. The molecule has 3 atom stereocenters. The van der Waals surface area contributed by atoms with Crippen molar-refractivity contribution in [3.63, 3.8) is 0 Å². The number of anilines is 1. The number of amides is 1. The van der Waals surface area contributed by atoms with Crippen LogP contribution in [0.1, 0.15) is 24.8 Å². The van der Waals surface area contributed by atoms with Gasteiger partial charge in [0.1, 0.15) is 5.82 Å². The molecule has 2 aromatic rings. The predicted octanol–water partition coefficient (Wildman–Crippen LogP) is 2.76. The zero-order valence-electron chi connectivity index (χ0n) is 14.3. The van der Waals surface area contributed by atoms with Gasteiger partial charge < -0.3 is 10.2 Å². The number of nitrogens with zero attached hydrogens (tertiary/aromatic N) is 3. The molecule has 1 aliphatic carbocycles. The van der Waals surface area contributed by atoms with E-state index in [0.717, 1.165) is 31.7 Å². The van der Waals surface area contributed by atoms with Crippen LogP contribution in [0.4, 0.5) is 5.82 Å². The summed E-state index contributed by atoms with van der Waals surface area (Å²) in [5.41, 5.74) is 1.23. The number of hydrogen-bond donors (Lipinski definition) is 1. The van der Waals surface area contributed by atoms with E-state index < -0.39 is 0 Å². The summed E-state index contributed by atoms with van der Waals surface area (Å²) < 4.78 is 0. The molecular weight excluding hydrogens is 312 g/mol. The Hall–Kier alpha value is -2.43. The van der Waals surface area contributed by atoms with E-state index in [1.807, 2.05) is 18.2 Å². The van der Waals surface area contributed by atoms with Crippen molar-refractivity contribution in [3.05, 3.63) is 54.5 Å². The second-order valence-corrected chi connectivity index (χ2v) is 7.13. The van der Waals surface area contributed by atoms with Crippen LogP contribution in [0, 0.1) is 11.8 Å². The molecule has 1 amide bonds. The van der Waals surface area contributed by atoms with Crippen molar-refractivity contribution in [2.45, 2.75) is 31.7 Å². The Labute approximate surface area is 148 Å². The van der Waals surface area contributed by atoms with Crippen LogP contribution in [0.5, 0.6) is 0 Å². The first kappa shape index (κ1) is 16.1. The number of likely N-dealkylation sites (tertiary alicyclic amines) is 1. The van der Waals surface area contributed by atoms with Gasteiger partial charge in [-0.3, -0.25) is 9.78 Å². The molecule has 5 heteroatoms. The number of aryl methyl sites for hydroxylation is 1. The second kappa shape index (κ2) is 7.21. The van der Waals surface area contributed by atoms with Gasteiger partial charge in [0, 0.05) is 43.9 Å². The molecule has 2 aliphatic rings. The quantitative estimate of drug-likeness (QED) is 0.912. The third kappa shape index (κ3) is 3.65. The Kier molecular flexibility index (Phi) is 4.63. The third-order valence-corrected chi connectivity index (χ3v) is 5.58. The highest BCUT2D eigenvalue weighted by Crippen LogP contribution is 2.39. The first-order valence-corrected chi connectivity index (χ1v) is 9.14. The van der Waals surface area contributed by atoms with Crippen molar-refractivity contribution < 1.29 is 4.79 Å². The van der Waals surface area contributed by atoms with Gasteiger partial charge in [-0.05, 0) is 30.7 Å². The number of carbonyl (C=O) groups excluding carboxylic acids is 1. The number of benzene rings is 1. The lowest BCUT2D eigenvalue weighted by Crippen LogP contribution is -2.33. The lowest BCUT2D eigenvalue weighted by Gasteiger charge is -2.22. The average Bonchev–Trinajstić information content (AvgIpc) is 3.24. The fraction of sp³-hybridized carbons (Fsp3) is 0.450.